The molecule has 0 aromatic carbocycles. The highest BCUT2D eigenvalue weighted by atomic mass is 32.1. The Bertz CT molecular complexity index is 336. The molecule has 0 spiro atoms. The summed E-state index contributed by atoms with van der Waals surface area (Å²) in [7, 11) is 0. The normalized spacial score (nSPS) is 21.1. The largest absolute Gasteiger partial charge is 0.377 e. The standard InChI is InChI=1S/C15H26N2OS/c1-3-17(12-14-6-5-11-19-14)9-8-16-13(2)15-7-4-10-18-15/h5-6,11,13,15-16H,3-4,7-10,12H2,1-2H3. The Labute approximate surface area is 121 Å². The second-order valence-corrected chi connectivity index (χ2v) is 6.27. The van der Waals surface area contributed by atoms with Crippen LogP contribution in [0.15, 0.2) is 17.5 Å². The van der Waals surface area contributed by atoms with Crippen LogP contribution in [-0.2, 0) is 11.3 Å². The molecule has 0 saturated carbocycles. The van der Waals surface area contributed by atoms with E-state index in [0.717, 1.165) is 32.8 Å². The summed E-state index contributed by atoms with van der Waals surface area (Å²) in [6.07, 6.45) is 2.85. The number of ether oxygens (including phenoxy) is 1. The predicted octanol–water partition coefficient (Wildman–Crippen LogP) is 2.73. The summed E-state index contributed by atoms with van der Waals surface area (Å²) < 4.78 is 5.71. The van der Waals surface area contributed by atoms with Crippen LogP contribution in [0.5, 0.6) is 0 Å². The molecule has 1 aromatic rings. The van der Waals surface area contributed by atoms with Crippen LogP contribution in [0.25, 0.3) is 0 Å². The number of nitrogens with one attached hydrogen (secondary N) is 1. The molecule has 3 nitrogen and oxygen atoms in total. The molecule has 4 heteroatoms. The molecule has 1 N–H and O–H groups in total. The van der Waals surface area contributed by atoms with E-state index in [-0.39, 0.29) is 0 Å². The molecule has 1 aliphatic heterocycles. The molecule has 1 aliphatic rings. The average molecular weight is 282 g/mol. The van der Waals surface area contributed by atoms with E-state index in [1.807, 2.05) is 11.3 Å². The highest BCUT2D eigenvalue weighted by Gasteiger charge is 2.21. The topological polar surface area (TPSA) is 24.5 Å². The van der Waals surface area contributed by atoms with Crippen molar-refractivity contribution in [2.45, 2.75) is 45.4 Å². The van der Waals surface area contributed by atoms with Gasteiger partial charge in [0.1, 0.15) is 0 Å². The fraction of sp³-hybridized carbons (Fsp3) is 0.733. The molecular formula is C15H26N2OS. The van der Waals surface area contributed by atoms with E-state index in [4.69, 9.17) is 4.74 Å². The van der Waals surface area contributed by atoms with E-state index in [9.17, 15) is 0 Å². The zero-order valence-corrected chi connectivity index (χ0v) is 12.9. The molecule has 1 aromatic heterocycles. The molecule has 19 heavy (non-hydrogen) atoms. The van der Waals surface area contributed by atoms with Crippen molar-refractivity contribution in [2.24, 2.45) is 0 Å². The maximum Gasteiger partial charge on any atom is 0.0726 e. The number of thiophene rings is 1. The summed E-state index contributed by atoms with van der Waals surface area (Å²) in [6.45, 7) is 9.74. The van der Waals surface area contributed by atoms with Crippen molar-refractivity contribution in [1.29, 1.82) is 0 Å². The monoisotopic (exact) mass is 282 g/mol. The molecule has 2 atom stereocenters. The third kappa shape index (κ3) is 4.88. The molecule has 2 rings (SSSR count). The Morgan fingerprint density at radius 3 is 3.11 bits per heavy atom. The van der Waals surface area contributed by atoms with Crippen molar-refractivity contribution < 1.29 is 4.74 Å². The van der Waals surface area contributed by atoms with Crippen molar-refractivity contribution >= 4 is 11.3 Å². The van der Waals surface area contributed by atoms with Gasteiger partial charge < -0.3 is 10.1 Å². The summed E-state index contributed by atoms with van der Waals surface area (Å²) in [5.41, 5.74) is 0. The van der Waals surface area contributed by atoms with Gasteiger partial charge in [-0.1, -0.05) is 13.0 Å². The molecule has 2 unspecified atom stereocenters. The molecular weight excluding hydrogens is 256 g/mol. The highest BCUT2D eigenvalue weighted by molar-refractivity contribution is 7.09. The van der Waals surface area contributed by atoms with Crippen molar-refractivity contribution in [2.75, 3.05) is 26.2 Å². The Kier molecular flexibility index (Phi) is 6.31. The van der Waals surface area contributed by atoms with Gasteiger partial charge in [0.05, 0.1) is 6.10 Å². The van der Waals surface area contributed by atoms with Crippen LogP contribution in [0.2, 0.25) is 0 Å². The van der Waals surface area contributed by atoms with E-state index < -0.39 is 0 Å². The minimum atomic E-state index is 0.423. The molecule has 0 radical (unpaired) electrons. The summed E-state index contributed by atoms with van der Waals surface area (Å²) in [5.74, 6) is 0. The lowest BCUT2D eigenvalue weighted by atomic mass is 10.1. The third-order valence-electron chi connectivity index (χ3n) is 3.82. The van der Waals surface area contributed by atoms with E-state index in [1.165, 1.54) is 17.7 Å². The zero-order valence-electron chi connectivity index (χ0n) is 12.1. The number of hydrogen-bond acceptors (Lipinski definition) is 4. The predicted molar refractivity (Wildman–Crippen MR) is 81.7 cm³/mol. The number of hydrogen-bond donors (Lipinski definition) is 1. The van der Waals surface area contributed by atoms with Crippen molar-refractivity contribution in [3.8, 4) is 0 Å². The van der Waals surface area contributed by atoms with Crippen molar-refractivity contribution in [1.82, 2.24) is 10.2 Å². The van der Waals surface area contributed by atoms with Crippen LogP contribution >= 0.6 is 11.3 Å². The fourth-order valence-electron chi connectivity index (χ4n) is 2.55. The zero-order chi connectivity index (χ0) is 13.5. The molecule has 0 aliphatic carbocycles. The number of likely N-dealkylation sites (N-methyl/N-ethyl adjacent to an activating group) is 1. The van der Waals surface area contributed by atoms with Gasteiger partial charge in [0.2, 0.25) is 0 Å². The second kappa shape index (κ2) is 8.00. The number of rotatable bonds is 8. The van der Waals surface area contributed by atoms with Crippen LogP contribution < -0.4 is 5.32 Å². The van der Waals surface area contributed by atoms with Gasteiger partial charge in [0, 0.05) is 37.2 Å². The van der Waals surface area contributed by atoms with Crippen LogP contribution in [0.1, 0.15) is 31.6 Å². The van der Waals surface area contributed by atoms with Crippen LogP contribution in [0, 0.1) is 0 Å². The van der Waals surface area contributed by atoms with Crippen LogP contribution in [0.4, 0.5) is 0 Å². The first kappa shape index (κ1) is 15.0. The maximum atomic E-state index is 5.71. The van der Waals surface area contributed by atoms with Gasteiger partial charge >= 0.3 is 0 Å². The van der Waals surface area contributed by atoms with Gasteiger partial charge in [0.15, 0.2) is 0 Å². The molecule has 1 saturated heterocycles. The lowest BCUT2D eigenvalue weighted by Crippen LogP contribution is -2.41. The molecule has 2 heterocycles. The fourth-order valence-corrected chi connectivity index (χ4v) is 3.30. The first-order valence-corrected chi connectivity index (χ1v) is 8.27. The van der Waals surface area contributed by atoms with Crippen LogP contribution in [-0.4, -0.2) is 43.3 Å². The first-order chi connectivity index (χ1) is 9.29. The van der Waals surface area contributed by atoms with Gasteiger partial charge in [-0.15, -0.1) is 11.3 Å². The Balaban J connectivity index is 1.65. The van der Waals surface area contributed by atoms with Gasteiger partial charge in [-0.25, -0.2) is 0 Å². The lowest BCUT2D eigenvalue weighted by molar-refractivity contribution is 0.0826. The van der Waals surface area contributed by atoms with E-state index in [1.54, 1.807) is 0 Å². The molecule has 1 fully saturated rings. The summed E-state index contributed by atoms with van der Waals surface area (Å²) in [5, 5.41) is 5.76. The molecule has 108 valence electrons. The summed E-state index contributed by atoms with van der Waals surface area (Å²) in [6, 6.07) is 4.82. The molecule has 0 amide bonds. The number of nitrogens with zero attached hydrogens (tertiary/aromatic N) is 1. The lowest BCUT2D eigenvalue weighted by Gasteiger charge is -2.24. The average Bonchev–Trinajstić information content (AvgIpc) is 3.10. The second-order valence-electron chi connectivity index (χ2n) is 5.24. The van der Waals surface area contributed by atoms with E-state index >= 15 is 0 Å². The Morgan fingerprint density at radius 2 is 2.47 bits per heavy atom. The minimum Gasteiger partial charge on any atom is -0.377 e. The van der Waals surface area contributed by atoms with Crippen molar-refractivity contribution in [3.63, 3.8) is 0 Å². The quantitative estimate of drug-likeness (QED) is 0.793. The smallest absolute Gasteiger partial charge is 0.0726 e. The molecule has 0 bridgehead atoms. The first-order valence-electron chi connectivity index (χ1n) is 7.39. The Morgan fingerprint density at radius 1 is 1.58 bits per heavy atom. The summed E-state index contributed by atoms with van der Waals surface area (Å²) in [4.78, 5) is 3.94. The van der Waals surface area contributed by atoms with Gasteiger partial charge in [-0.2, -0.15) is 0 Å². The third-order valence-corrected chi connectivity index (χ3v) is 4.68. The SMILES string of the molecule is CCN(CCNC(C)C1CCCO1)Cc1cccs1. The van der Waals surface area contributed by atoms with Gasteiger partial charge in [-0.3, -0.25) is 4.90 Å². The minimum absolute atomic E-state index is 0.423. The summed E-state index contributed by atoms with van der Waals surface area (Å²) >= 11 is 1.84. The maximum absolute atomic E-state index is 5.71. The van der Waals surface area contributed by atoms with Crippen molar-refractivity contribution in [3.05, 3.63) is 22.4 Å². The van der Waals surface area contributed by atoms with Gasteiger partial charge in [-0.05, 0) is 37.8 Å². The van der Waals surface area contributed by atoms with Crippen LogP contribution in [0.3, 0.4) is 0 Å². The van der Waals surface area contributed by atoms with Gasteiger partial charge in [0.25, 0.3) is 0 Å². The highest BCUT2D eigenvalue weighted by Crippen LogP contribution is 2.15. The van der Waals surface area contributed by atoms with E-state index in [2.05, 4.69) is 41.6 Å². The van der Waals surface area contributed by atoms with E-state index in [0.29, 0.717) is 12.1 Å². The Hall–Kier alpha value is -0.420.